The van der Waals surface area contributed by atoms with Crippen molar-refractivity contribution < 1.29 is 38.2 Å². The molecule has 76 heavy (non-hydrogen) atoms. The van der Waals surface area contributed by atoms with E-state index in [1.165, 1.54) is 22.2 Å². The summed E-state index contributed by atoms with van der Waals surface area (Å²) in [6, 6.07) is 32.1. The maximum Gasteiger partial charge on any atom is 0.408 e. The number of aryl methyl sites for hydroxylation is 4. The van der Waals surface area contributed by atoms with E-state index in [-0.39, 0.29) is 11.8 Å². The number of benzene rings is 4. The third kappa shape index (κ3) is 12.6. The second-order valence-electron chi connectivity index (χ2n) is 20.1. The topological polar surface area (TPSA) is 201 Å². The number of nitrogens with zero attached hydrogens (tertiary/aromatic N) is 4. The molecule has 0 radical (unpaired) electrons. The number of rotatable bonds is 14. The molecule has 4 heterocycles. The number of likely N-dealkylation sites (tertiary alicyclic amines) is 2. The van der Waals surface area contributed by atoms with Gasteiger partial charge in [-0.1, -0.05) is 72.8 Å². The fraction of sp³-hybridized carbons (Fsp3) is 0.333. The van der Waals surface area contributed by atoms with Crippen LogP contribution in [0.1, 0.15) is 98.8 Å². The van der Waals surface area contributed by atoms with Crippen molar-refractivity contribution in [2.45, 2.75) is 115 Å². The Kier molecular flexibility index (Phi) is 16.5. The molecule has 6 aromatic rings. The Balaban J connectivity index is 0.878. The first-order chi connectivity index (χ1) is 36.8. The van der Waals surface area contributed by atoms with E-state index in [9.17, 15) is 28.8 Å². The fourth-order valence-electron chi connectivity index (χ4n) is 10.4. The van der Waals surface area contributed by atoms with E-state index in [2.05, 4.69) is 79.8 Å². The van der Waals surface area contributed by atoms with Crippen LogP contribution in [0, 0.1) is 0 Å². The van der Waals surface area contributed by atoms with E-state index >= 15 is 0 Å². The lowest BCUT2D eigenvalue weighted by Gasteiger charge is -2.29. The van der Waals surface area contributed by atoms with E-state index in [0.717, 1.165) is 70.2 Å². The Bertz CT molecular complexity index is 2890. The van der Waals surface area contributed by atoms with Gasteiger partial charge in [0.2, 0.25) is 11.8 Å². The van der Waals surface area contributed by atoms with Gasteiger partial charge in [-0.05, 0) is 160 Å². The smallest absolute Gasteiger partial charge is 0.408 e. The molecule has 2 aliphatic heterocycles. The third-order valence-corrected chi connectivity index (χ3v) is 14.0. The van der Waals surface area contributed by atoms with Gasteiger partial charge in [0.1, 0.15) is 24.2 Å². The molecule has 12 rings (SSSR count). The van der Waals surface area contributed by atoms with Gasteiger partial charge in [-0.15, -0.1) is 0 Å². The van der Waals surface area contributed by atoms with Crippen LogP contribution in [0.4, 0.5) is 21.0 Å². The minimum absolute atomic E-state index is 0.306. The standard InChI is InChI=1S/C60H64N8O8/c1-37(2)75-59(73)65-53(45-13-7-27-61-35-45)57(71)67-29-9-17-51(67)55(69)63-47-15-5-11-43(33-47)49-31-39-19-23-41(49)25-21-40-20-24-42(26-22-39)50(32-40)44-12-6-16-48(34-44)64-56(70)52-18-10-30-68(52)58(72)54(46-14-8-28-62-36-46)66-60(74)76-38(3)4/h5-8,11-16,19-20,23-24,27-28,31-38,51-54H,9-10,17-18,21-22,25-26,29-30H2,1-4H3,(H,63,69)(H,64,70)(H,65,73)(H,66,74)/t51-,52-,53-,54?/m0/s1. The van der Waals surface area contributed by atoms with Gasteiger partial charge in [0, 0.05) is 60.4 Å². The number of nitrogens with one attached hydrogen (secondary N) is 4. The fourth-order valence-corrected chi connectivity index (χ4v) is 10.4. The first kappa shape index (κ1) is 52.5. The number of carbonyl (C=O) groups is 6. The van der Waals surface area contributed by atoms with Crippen molar-refractivity contribution in [3.63, 3.8) is 0 Å². The zero-order chi connectivity index (χ0) is 53.3. The molecule has 6 amide bonds. The molecule has 4 atom stereocenters. The van der Waals surface area contributed by atoms with E-state index in [4.69, 9.17) is 9.47 Å². The highest BCUT2D eigenvalue weighted by Gasteiger charge is 2.40. The van der Waals surface area contributed by atoms with Crippen LogP contribution in [0.5, 0.6) is 0 Å². The number of alkyl carbamates (subject to hydrolysis) is 2. The summed E-state index contributed by atoms with van der Waals surface area (Å²) in [7, 11) is 0. The number of hydrogen-bond donors (Lipinski definition) is 4. The normalized spacial score (nSPS) is 16.8. The molecule has 4 bridgehead atoms. The SMILES string of the molecule is CC(C)OC(=O)NC(C(=O)N1CCC[C@H]1C(=O)Nc1cccc(-c2cc3ccc2CCc2ccc(c(-c4cccc(NC(=O)[C@@H]5CCCN5C(=O)[C@@H](NC(=O)OC(C)C)c5cccnc5)c4)c2)CC3)c1)c1cccnc1. The molecule has 2 aromatic heterocycles. The van der Waals surface area contributed by atoms with E-state index < -0.39 is 60.4 Å². The minimum atomic E-state index is -1.08. The molecule has 392 valence electrons. The van der Waals surface area contributed by atoms with Gasteiger partial charge in [-0.25, -0.2) is 9.59 Å². The zero-order valence-electron chi connectivity index (χ0n) is 43.3. The van der Waals surface area contributed by atoms with Gasteiger partial charge in [0.05, 0.1) is 12.2 Å². The molecule has 0 saturated carbocycles. The van der Waals surface area contributed by atoms with Gasteiger partial charge >= 0.3 is 12.2 Å². The average Bonchev–Trinajstić information content (AvgIpc) is 4.13. The number of hydrogen-bond acceptors (Lipinski definition) is 10. The lowest BCUT2D eigenvalue weighted by molar-refractivity contribution is -0.138. The number of carbonyl (C=O) groups excluding carboxylic acids is 6. The van der Waals surface area contributed by atoms with E-state index in [0.29, 0.717) is 61.3 Å². The summed E-state index contributed by atoms with van der Waals surface area (Å²) in [5.41, 5.74) is 10.9. The summed E-state index contributed by atoms with van der Waals surface area (Å²) in [5, 5.41) is 11.6. The molecule has 6 aliphatic rings. The Morgan fingerprint density at radius 3 is 1.36 bits per heavy atom. The highest BCUT2D eigenvalue weighted by atomic mass is 16.6. The second kappa shape index (κ2) is 23.9. The van der Waals surface area contributed by atoms with Gasteiger partial charge in [0.25, 0.3) is 11.8 Å². The second-order valence-corrected chi connectivity index (χ2v) is 20.1. The van der Waals surface area contributed by atoms with Crippen LogP contribution in [0.3, 0.4) is 0 Å². The highest BCUT2D eigenvalue weighted by molar-refractivity contribution is 6.00. The van der Waals surface area contributed by atoms with Gasteiger partial charge < -0.3 is 40.5 Å². The monoisotopic (exact) mass is 1020 g/mol. The van der Waals surface area contributed by atoms with Crippen molar-refractivity contribution in [1.29, 1.82) is 0 Å². The van der Waals surface area contributed by atoms with Crippen LogP contribution in [-0.2, 0) is 54.3 Å². The Morgan fingerprint density at radius 1 is 0.526 bits per heavy atom. The lowest BCUT2D eigenvalue weighted by Crippen LogP contribution is -2.49. The molecule has 2 fully saturated rings. The number of pyridine rings is 2. The summed E-state index contributed by atoms with van der Waals surface area (Å²) >= 11 is 0. The predicted octanol–water partition coefficient (Wildman–Crippen LogP) is 9.31. The molecule has 16 heteroatoms. The first-order valence-corrected chi connectivity index (χ1v) is 26.2. The first-order valence-electron chi connectivity index (χ1n) is 26.2. The van der Waals surface area contributed by atoms with Crippen molar-refractivity contribution in [2.75, 3.05) is 23.7 Å². The number of aromatic nitrogens is 2. The van der Waals surface area contributed by atoms with Crippen molar-refractivity contribution in [3.8, 4) is 22.3 Å². The quantitative estimate of drug-likeness (QED) is 0.0815. The molecule has 4 aliphatic carbocycles. The highest BCUT2D eigenvalue weighted by Crippen LogP contribution is 2.34. The van der Waals surface area contributed by atoms with Gasteiger partial charge in [-0.3, -0.25) is 29.1 Å². The van der Waals surface area contributed by atoms with Crippen LogP contribution in [0.15, 0.2) is 134 Å². The summed E-state index contributed by atoms with van der Waals surface area (Å²) in [6.45, 7) is 7.63. The van der Waals surface area contributed by atoms with E-state index in [1.54, 1.807) is 64.4 Å². The van der Waals surface area contributed by atoms with Crippen LogP contribution < -0.4 is 21.3 Å². The summed E-state index contributed by atoms with van der Waals surface area (Å²) < 4.78 is 10.6. The van der Waals surface area contributed by atoms with Crippen LogP contribution >= 0.6 is 0 Å². The number of ether oxygens (including phenoxy) is 2. The molecule has 4 N–H and O–H groups in total. The molecule has 0 spiro atoms. The van der Waals surface area contributed by atoms with E-state index in [1.807, 2.05) is 36.4 Å². The maximum atomic E-state index is 14.2. The summed E-state index contributed by atoms with van der Waals surface area (Å²) in [4.78, 5) is 93.3. The molecule has 4 aromatic carbocycles. The zero-order valence-corrected chi connectivity index (χ0v) is 43.3. The van der Waals surface area contributed by atoms with Crippen molar-refractivity contribution in [3.05, 3.63) is 167 Å². The predicted molar refractivity (Wildman–Crippen MR) is 289 cm³/mol. The Morgan fingerprint density at radius 2 is 0.961 bits per heavy atom. The van der Waals surface area contributed by atoms with Gasteiger partial charge in [-0.2, -0.15) is 0 Å². The van der Waals surface area contributed by atoms with Gasteiger partial charge in [0.15, 0.2) is 0 Å². The van der Waals surface area contributed by atoms with Crippen molar-refractivity contribution >= 4 is 47.2 Å². The molecule has 2 saturated heterocycles. The minimum Gasteiger partial charge on any atom is -0.447 e. The molecular formula is C60H64N8O8. The third-order valence-electron chi connectivity index (χ3n) is 14.0. The number of amides is 6. The summed E-state index contributed by atoms with van der Waals surface area (Å²) in [5.74, 6) is -1.43. The van der Waals surface area contributed by atoms with Crippen LogP contribution in [0.2, 0.25) is 0 Å². The Labute approximate surface area is 443 Å². The molecule has 16 nitrogen and oxygen atoms in total. The van der Waals surface area contributed by atoms with Crippen molar-refractivity contribution in [1.82, 2.24) is 30.4 Å². The molecular weight excluding hydrogens is 961 g/mol. The van der Waals surface area contributed by atoms with Crippen molar-refractivity contribution in [2.24, 2.45) is 0 Å². The average molecular weight is 1030 g/mol. The van der Waals surface area contributed by atoms with Crippen LogP contribution in [0.25, 0.3) is 22.3 Å². The Hall–Kier alpha value is -8.40. The summed E-state index contributed by atoms with van der Waals surface area (Å²) in [6.07, 6.45) is 9.22. The lowest BCUT2D eigenvalue weighted by atomic mass is 9.87. The maximum absolute atomic E-state index is 14.2. The largest absolute Gasteiger partial charge is 0.447 e. The van der Waals surface area contributed by atoms with Crippen LogP contribution in [-0.4, -0.2) is 93.0 Å². The number of anilines is 2. The molecule has 1 unspecified atom stereocenters.